The maximum absolute atomic E-state index is 12.9. The lowest BCUT2D eigenvalue weighted by atomic mass is 10.1. The van der Waals surface area contributed by atoms with Crippen LogP contribution in [-0.4, -0.2) is 30.6 Å². The molecule has 0 spiro atoms. The molecule has 1 aromatic carbocycles. The van der Waals surface area contributed by atoms with Gasteiger partial charge in [0.05, 0.1) is 0 Å². The van der Waals surface area contributed by atoms with Crippen molar-refractivity contribution in [2.24, 2.45) is 0 Å². The van der Waals surface area contributed by atoms with Gasteiger partial charge >= 0.3 is 0 Å². The zero-order chi connectivity index (χ0) is 11.4. The second kappa shape index (κ2) is 5.07. The first kappa shape index (κ1) is 11.9. The second-order valence-electron chi connectivity index (χ2n) is 3.80. The highest BCUT2D eigenvalue weighted by molar-refractivity contribution is 5.34. The lowest BCUT2D eigenvalue weighted by molar-refractivity contribution is 0.392. The van der Waals surface area contributed by atoms with E-state index in [2.05, 4.69) is 0 Å². The van der Waals surface area contributed by atoms with Crippen molar-refractivity contribution in [1.82, 2.24) is 4.90 Å². The van der Waals surface area contributed by atoms with Gasteiger partial charge in [0.25, 0.3) is 0 Å². The predicted molar refractivity (Wildman–Crippen MR) is 54.9 cm³/mol. The molecule has 1 N–H and O–H groups in total. The highest BCUT2D eigenvalue weighted by Crippen LogP contribution is 2.23. The third-order valence-electron chi connectivity index (χ3n) is 2.16. The minimum atomic E-state index is -0.894. The molecule has 0 aromatic heterocycles. The van der Waals surface area contributed by atoms with Crippen LogP contribution in [0.15, 0.2) is 12.1 Å². The normalized spacial score (nSPS) is 11.0. The van der Waals surface area contributed by atoms with Gasteiger partial charge < -0.3 is 10.0 Å². The van der Waals surface area contributed by atoms with Crippen LogP contribution in [0.25, 0.3) is 0 Å². The summed E-state index contributed by atoms with van der Waals surface area (Å²) in [6, 6.07) is 1.86. The van der Waals surface area contributed by atoms with Crippen LogP contribution in [0.4, 0.5) is 8.78 Å². The van der Waals surface area contributed by atoms with E-state index in [9.17, 15) is 13.9 Å². The molecule has 1 aromatic rings. The zero-order valence-corrected chi connectivity index (χ0v) is 8.93. The van der Waals surface area contributed by atoms with Crippen molar-refractivity contribution in [3.05, 3.63) is 29.3 Å². The third-order valence-corrected chi connectivity index (χ3v) is 2.16. The highest BCUT2D eigenvalue weighted by Gasteiger charge is 2.09. The maximum atomic E-state index is 12.9. The van der Waals surface area contributed by atoms with Gasteiger partial charge in [0.1, 0.15) is 5.82 Å². The summed E-state index contributed by atoms with van der Waals surface area (Å²) in [5, 5.41) is 9.33. The zero-order valence-electron chi connectivity index (χ0n) is 8.93. The quantitative estimate of drug-likeness (QED) is 0.832. The Balaban J connectivity index is 2.68. The Morgan fingerprint density at radius 2 is 1.93 bits per heavy atom. The van der Waals surface area contributed by atoms with Crippen molar-refractivity contribution in [1.29, 1.82) is 0 Å². The molecule has 0 radical (unpaired) electrons. The topological polar surface area (TPSA) is 23.5 Å². The van der Waals surface area contributed by atoms with Crippen LogP contribution in [0.3, 0.4) is 0 Å². The molecule has 0 saturated carbocycles. The Hall–Kier alpha value is -1.16. The van der Waals surface area contributed by atoms with Gasteiger partial charge in [-0.15, -0.1) is 0 Å². The Morgan fingerprint density at radius 1 is 1.27 bits per heavy atom. The van der Waals surface area contributed by atoms with Gasteiger partial charge in [0.15, 0.2) is 11.6 Å². The van der Waals surface area contributed by atoms with Crippen LogP contribution in [0.2, 0.25) is 0 Å². The molecule has 0 atom stereocenters. The lowest BCUT2D eigenvalue weighted by Crippen LogP contribution is -2.13. The number of aryl methyl sites for hydroxylation is 1. The summed E-state index contributed by atoms with van der Waals surface area (Å²) in [6.07, 6.45) is 1.22. The largest absolute Gasteiger partial charge is 0.505 e. The molecule has 0 aliphatic rings. The summed E-state index contributed by atoms with van der Waals surface area (Å²) in [6.45, 7) is 0.817. The standard InChI is InChI=1S/C11H15F2NO/c1-14(2)5-3-4-8-6-9(12)7-10(13)11(8)15/h6-7,15H,3-5H2,1-2H3. The molecule has 84 valence electrons. The Kier molecular flexibility index (Phi) is 4.03. The summed E-state index contributed by atoms with van der Waals surface area (Å²) in [7, 11) is 3.85. The van der Waals surface area contributed by atoms with E-state index in [0.29, 0.717) is 18.1 Å². The Labute approximate surface area is 88.1 Å². The van der Waals surface area contributed by atoms with Crippen molar-refractivity contribution in [3.63, 3.8) is 0 Å². The molecule has 0 saturated heterocycles. The smallest absolute Gasteiger partial charge is 0.168 e. The Bertz CT molecular complexity index is 340. The summed E-state index contributed by atoms with van der Waals surface area (Å²) in [5.41, 5.74) is 0.328. The average molecular weight is 215 g/mol. The van der Waals surface area contributed by atoms with Crippen LogP contribution < -0.4 is 0 Å². The summed E-state index contributed by atoms with van der Waals surface area (Å²) >= 11 is 0. The van der Waals surface area contributed by atoms with Crippen LogP contribution in [0.5, 0.6) is 5.75 Å². The van der Waals surface area contributed by atoms with Crippen molar-refractivity contribution in [2.75, 3.05) is 20.6 Å². The van der Waals surface area contributed by atoms with E-state index in [1.54, 1.807) is 0 Å². The molecule has 0 unspecified atom stereocenters. The molecule has 0 aliphatic carbocycles. The number of phenolic OH excluding ortho intramolecular Hbond substituents is 1. The van der Waals surface area contributed by atoms with E-state index in [1.165, 1.54) is 6.07 Å². The molecular formula is C11H15F2NO. The van der Waals surface area contributed by atoms with Crippen LogP contribution in [0, 0.1) is 11.6 Å². The number of halogens is 2. The molecule has 0 amide bonds. The summed E-state index contributed by atoms with van der Waals surface area (Å²) < 4.78 is 25.8. The molecule has 4 heteroatoms. The number of nitrogens with zero attached hydrogens (tertiary/aromatic N) is 1. The fourth-order valence-corrected chi connectivity index (χ4v) is 1.40. The van der Waals surface area contributed by atoms with Crippen molar-refractivity contribution in [3.8, 4) is 5.75 Å². The SMILES string of the molecule is CN(C)CCCc1cc(F)cc(F)c1O. The first-order valence-corrected chi connectivity index (χ1v) is 4.82. The van der Waals surface area contributed by atoms with Gasteiger partial charge in [0.2, 0.25) is 0 Å². The first-order chi connectivity index (χ1) is 7.00. The lowest BCUT2D eigenvalue weighted by Gasteiger charge is -2.10. The maximum Gasteiger partial charge on any atom is 0.168 e. The van der Waals surface area contributed by atoms with Crippen LogP contribution in [-0.2, 0) is 6.42 Å². The van der Waals surface area contributed by atoms with Gasteiger partial charge in [-0.1, -0.05) is 0 Å². The molecular weight excluding hydrogens is 200 g/mol. The van der Waals surface area contributed by atoms with Gasteiger partial charge in [-0.2, -0.15) is 0 Å². The average Bonchev–Trinajstić information content (AvgIpc) is 2.12. The minimum Gasteiger partial charge on any atom is -0.505 e. The molecule has 0 bridgehead atoms. The number of hydrogen-bond acceptors (Lipinski definition) is 2. The van der Waals surface area contributed by atoms with Crippen LogP contribution in [0.1, 0.15) is 12.0 Å². The molecule has 0 aliphatic heterocycles. The monoisotopic (exact) mass is 215 g/mol. The van der Waals surface area contributed by atoms with Gasteiger partial charge in [-0.3, -0.25) is 0 Å². The number of hydrogen-bond donors (Lipinski definition) is 1. The highest BCUT2D eigenvalue weighted by atomic mass is 19.1. The summed E-state index contributed by atoms with van der Waals surface area (Å²) in [5.74, 6) is -1.98. The molecule has 0 fully saturated rings. The second-order valence-corrected chi connectivity index (χ2v) is 3.80. The van der Waals surface area contributed by atoms with E-state index in [-0.39, 0.29) is 0 Å². The van der Waals surface area contributed by atoms with Gasteiger partial charge in [0, 0.05) is 6.07 Å². The third kappa shape index (κ3) is 3.47. The van der Waals surface area contributed by atoms with E-state index in [0.717, 1.165) is 13.0 Å². The first-order valence-electron chi connectivity index (χ1n) is 4.82. The molecule has 1 rings (SSSR count). The van der Waals surface area contributed by atoms with Gasteiger partial charge in [-0.25, -0.2) is 8.78 Å². The van der Waals surface area contributed by atoms with Crippen LogP contribution >= 0.6 is 0 Å². The number of rotatable bonds is 4. The molecule has 15 heavy (non-hydrogen) atoms. The number of benzene rings is 1. The number of aromatic hydroxyl groups is 1. The fraction of sp³-hybridized carbons (Fsp3) is 0.455. The van der Waals surface area contributed by atoms with E-state index >= 15 is 0 Å². The summed E-state index contributed by atoms with van der Waals surface area (Å²) in [4.78, 5) is 1.98. The minimum absolute atomic E-state index is 0.328. The van der Waals surface area contributed by atoms with Gasteiger partial charge in [-0.05, 0) is 45.1 Å². The number of phenols is 1. The molecule has 2 nitrogen and oxygen atoms in total. The van der Waals surface area contributed by atoms with Crippen molar-refractivity contribution >= 4 is 0 Å². The fourth-order valence-electron chi connectivity index (χ4n) is 1.40. The Morgan fingerprint density at radius 3 is 2.53 bits per heavy atom. The van der Waals surface area contributed by atoms with E-state index < -0.39 is 17.4 Å². The van der Waals surface area contributed by atoms with Crippen molar-refractivity contribution < 1.29 is 13.9 Å². The molecule has 0 heterocycles. The van der Waals surface area contributed by atoms with Crippen molar-refractivity contribution in [2.45, 2.75) is 12.8 Å². The van der Waals surface area contributed by atoms with E-state index in [1.807, 2.05) is 19.0 Å². The van der Waals surface area contributed by atoms with E-state index in [4.69, 9.17) is 0 Å². The predicted octanol–water partition coefficient (Wildman–Crippen LogP) is 2.16.